The molecule has 7 heteroatoms. The van der Waals surface area contributed by atoms with Gasteiger partial charge in [0.15, 0.2) is 0 Å². The molecule has 0 spiro atoms. The van der Waals surface area contributed by atoms with Gasteiger partial charge in [0, 0.05) is 32.4 Å². The number of benzene rings is 1. The second-order valence-electron chi connectivity index (χ2n) is 7.48. The van der Waals surface area contributed by atoms with Crippen LogP contribution in [0.1, 0.15) is 39.1 Å². The van der Waals surface area contributed by atoms with Crippen LogP contribution in [0.25, 0.3) is 0 Å². The van der Waals surface area contributed by atoms with Gasteiger partial charge in [0.1, 0.15) is 0 Å². The van der Waals surface area contributed by atoms with Gasteiger partial charge in [-0.3, -0.25) is 14.6 Å². The SMILES string of the molecule is Cc1cccc(C(=O)N2CCCC2)c1NC(=O)c1cncc(N2CCOCC2)c1. The second-order valence-corrected chi connectivity index (χ2v) is 7.48. The van der Waals surface area contributed by atoms with E-state index in [2.05, 4.69) is 15.2 Å². The first-order valence-electron chi connectivity index (χ1n) is 10.1. The molecule has 0 saturated carbocycles. The molecule has 7 nitrogen and oxygen atoms in total. The normalized spacial score (nSPS) is 16.7. The number of nitrogens with zero attached hydrogens (tertiary/aromatic N) is 3. The number of rotatable bonds is 4. The van der Waals surface area contributed by atoms with Crippen LogP contribution in [0.3, 0.4) is 0 Å². The Balaban J connectivity index is 1.56. The number of carbonyl (C=O) groups excluding carboxylic acids is 2. The molecule has 1 aromatic heterocycles. The smallest absolute Gasteiger partial charge is 0.257 e. The molecule has 2 aromatic rings. The Labute approximate surface area is 170 Å². The van der Waals surface area contributed by atoms with Crippen molar-refractivity contribution in [2.75, 3.05) is 49.6 Å². The van der Waals surface area contributed by atoms with Gasteiger partial charge in [0.2, 0.25) is 0 Å². The fourth-order valence-electron chi connectivity index (χ4n) is 3.83. The predicted octanol–water partition coefficient (Wildman–Crippen LogP) is 2.71. The van der Waals surface area contributed by atoms with Gasteiger partial charge in [-0.05, 0) is 37.5 Å². The van der Waals surface area contributed by atoms with E-state index in [-0.39, 0.29) is 11.8 Å². The summed E-state index contributed by atoms with van der Waals surface area (Å²) in [6.07, 6.45) is 5.37. The van der Waals surface area contributed by atoms with Gasteiger partial charge in [-0.1, -0.05) is 12.1 Å². The fourth-order valence-corrected chi connectivity index (χ4v) is 3.83. The number of ether oxygens (including phenoxy) is 1. The minimum absolute atomic E-state index is 0.0262. The van der Waals surface area contributed by atoms with Crippen molar-refractivity contribution < 1.29 is 14.3 Å². The van der Waals surface area contributed by atoms with Crippen molar-refractivity contribution in [2.24, 2.45) is 0 Å². The van der Waals surface area contributed by atoms with E-state index >= 15 is 0 Å². The lowest BCUT2D eigenvalue weighted by molar-refractivity contribution is 0.0793. The van der Waals surface area contributed by atoms with Gasteiger partial charge in [-0.2, -0.15) is 0 Å². The third-order valence-corrected chi connectivity index (χ3v) is 5.50. The largest absolute Gasteiger partial charge is 0.378 e. The van der Waals surface area contributed by atoms with Crippen molar-refractivity contribution in [1.29, 1.82) is 0 Å². The van der Waals surface area contributed by atoms with E-state index < -0.39 is 0 Å². The standard InChI is InChI=1S/C22H26N4O3/c1-16-5-4-6-19(22(28)26-7-2-3-8-26)20(16)24-21(27)17-13-18(15-23-14-17)25-9-11-29-12-10-25/h4-6,13-15H,2-3,7-12H2,1H3,(H,24,27). The van der Waals surface area contributed by atoms with Crippen LogP contribution in [0.5, 0.6) is 0 Å². The van der Waals surface area contributed by atoms with E-state index in [1.165, 1.54) is 0 Å². The molecule has 0 unspecified atom stereocenters. The lowest BCUT2D eigenvalue weighted by atomic mass is 10.1. The van der Waals surface area contributed by atoms with Crippen molar-refractivity contribution in [3.8, 4) is 0 Å². The number of nitrogens with one attached hydrogen (secondary N) is 1. The highest BCUT2D eigenvalue weighted by Crippen LogP contribution is 2.25. The monoisotopic (exact) mass is 394 g/mol. The molecule has 2 aliphatic rings. The van der Waals surface area contributed by atoms with Crippen LogP contribution < -0.4 is 10.2 Å². The number of carbonyl (C=O) groups is 2. The van der Waals surface area contributed by atoms with Gasteiger partial charge in [0.05, 0.1) is 41.9 Å². The summed E-state index contributed by atoms with van der Waals surface area (Å²) in [5, 5.41) is 2.96. The molecule has 0 aliphatic carbocycles. The first-order chi connectivity index (χ1) is 14.1. The summed E-state index contributed by atoms with van der Waals surface area (Å²) in [5.41, 5.74) is 3.35. The van der Waals surface area contributed by atoms with Crippen molar-refractivity contribution in [3.05, 3.63) is 53.3 Å². The maximum atomic E-state index is 13.0. The maximum absolute atomic E-state index is 13.0. The summed E-state index contributed by atoms with van der Waals surface area (Å²) in [7, 11) is 0. The number of aryl methyl sites for hydroxylation is 1. The Bertz CT molecular complexity index is 903. The van der Waals surface area contributed by atoms with E-state index in [9.17, 15) is 9.59 Å². The number of morpholine rings is 1. The highest BCUT2D eigenvalue weighted by Gasteiger charge is 2.24. The van der Waals surface area contributed by atoms with Crippen LogP contribution in [-0.4, -0.2) is 61.1 Å². The number of para-hydroxylation sites is 1. The third kappa shape index (κ3) is 4.24. The fraction of sp³-hybridized carbons (Fsp3) is 0.409. The summed E-state index contributed by atoms with van der Waals surface area (Å²) < 4.78 is 5.39. The molecule has 2 aliphatic heterocycles. The third-order valence-electron chi connectivity index (χ3n) is 5.50. The summed E-state index contributed by atoms with van der Waals surface area (Å²) in [6.45, 7) is 6.33. The molecule has 152 valence electrons. The molecule has 0 bridgehead atoms. The van der Waals surface area contributed by atoms with Crippen molar-refractivity contribution in [1.82, 2.24) is 9.88 Å². The number of amides is 2. The maximum Gasteiger partial charge on any atom is 0.257 e. The first kappa shape index (κ1) is 19.4. The Kier molecular flexibility index (Phi) is 5.76. The van der Waals surface area contributed by atoms with E-state index in [0.29, 0.717) is 30.0 Å². The molecule has 0 atom stereocenters. The number of anilines is 2. The summed E-state index contributed by atoms with van der Waals surface area (Å²) in [5.74, 6) is -0.293. The molecule has 1 N–H and O–H groups in total. The number of pyridine rings is 1. The van der Waals surface area contributed by atoms with E-state index in [1.807, 2.05) is 30.0 Å². The van der Waals surface area contributed by atoms with Gasteiger partial charge in [-0.15, -0.1) is 0 Å². The molecular formula is C22H26N4O3. The quantitative estimate of drug-likeness (QED) is 0.863. The zero-order valence-electron chi connectivity index (χ0n) is 16.7. The van der Waals surface area contributed by atoms with Crippen molar-refractivity contribution >= 4 is 23.2 Å². The number of likely N-dealkylation sites (tertiary alicyclic amines) is 1. The minimum atomic E-state index is -0.266. The molecule has 2 saturated heterocycles. The van der Waals surface area contributed by atoms with Gasteiger partial charge < -0.3 is 19.9 Å². The van der Waals surface area contributed by atoms with Crippen LogP contribution in [0.2, 0.25) is 0 Å². The zero-order chi connectivity index (χ0) is 20.2. The topological polar surface area (TPSA) is 74.8 Å². The average Bonchev–Trinajstić information content (AvgIpc) is 3.30. The molecule has 3 heterocycles. The predicted molar refractivity (Wildman–Crippen MR) is 112 cm³/mol. The van der Waals surface area contributed by atoms with E-state index in [1.54, 1.807) is 18.5 Å². The van der Waals surface area contributed by atoms with Crippen LogP contribution in [0.15, 0.2) is 36.7 Å². The summed E-state index contributed by atoms with van der Waals surface area (Å²) in [4.78, 5) is 34.2. The van der Waals surface area contributed by atoms with Crippen LogP contribution in [0, 0.1) is 6.92 Å². The zero-order valence-corrected chi connectivity index (χ0v) is 16.7. The molecular weight excluding hydrogens is 368 g/mol. The van der Waals surface area contributed by atoms with Crippen molar-refractivity contribution in [2.45, 2.75) is 19.8 Å². The first-order valence-corrected chi connectivity index (χ1v) is 10.1. The molecule has 2 fully saturated rings. The summed E-state index contributed by atoms with van der Waals surface area (Å²) in [6, 6.07) is 7.38. The van der Waals surface area contributed by atoms with E-state index in [0.717, 1.165) is 50.3 Å². The Morgan fingerprint density at radius 2 is 1.83 bits per heavy atom. The summed E-state index contributed by atoms with van der Waals surface area (Å²) >= 11 is 0. The lowest BCUT2D eigenvalue weighted by Gasteiger charge is -2.28. The van der Waals surface area contributed by atoms with Crippen LogP contribution >= 0.6 is 0 Å². The Hall–Kier alpha value is -2.93. The average molecular weight is 394 g/mol. The minimum Gasteiger partial charge on any atom is -0.378 e. The number of hydrogen-bond donors (Lipinski definition) is 1. The van der Waals surface area contributed by atoms with Gasteiger partial charge in [-0.25, -0.2) is 0 Å². The van der Waals surface area contributed by atoms with Crippen LogP contribution in [-0.2, 0) is 4.74 Å². The second kappa shape index (κ2) is 8.61. The molecule has 29 heavy (non-hydrogen) atoms. The number of hydrogen-bond acceptors (Lipinski definition) is 5. The van der Waals surface area contributed by atoms with E-state index in [4.69, 9.17) is 4.74 Å². The molecule has 0 radical (unpaired) electrons. The highest BCUT2D eigenvalue weighted by molar-refractivity contribution is 6.09. The lowest BCUT2D eigenvalue weighted by Crippen LogP contribution is -2.36. The molecule has 4 rings (SSSR count). The molecule has 2 amide bonds. The van der Waals surface area contributed by atoms with Crippen molar-refractivity contribution in [3.63, 3.8) is 0 Å². The molecule has 1 aromatic carbocycles. The van der Waals surface area contributed by atoms with Gasteiger partial charge >= 0.3 is 0 Å². The van der Waals surface area contributed by atoms with Crippen LogP contribution in [0.4, 0.5) is 11.4 Å². The van der Waals surface area contributed by atoms with Gasteiger partial charge in [0.25, 0.3) is 11.8 Å². The number of aromatic nitrogens is 1. The Morgan fingerprint density at radius 3 is 2.59 bits per heavy atom. The highest BCUT2D eigenvalue weighted by atomic mass is 16.5. The Morgan fingerprint density at radius 1 is 1.07 bits per heavy atom.